The van der Waals surface area contributed by atoms with Gasteiger partial charge in [0.1, 0.15) is 6.04 Å². The lowest BCUT2D eigenvalue weighted by Gasteiger charge is -2.29. The number of carbonyl (C=O) groups excluding carboxylic acids is 2. The normalized spacial score (nSPS) is 11.8. The fourth-order valence-electron chi connectivity index (χ4n) is 2.80. The number of hydrogen-bond donors (Lipinski definition) is 1. The van der Waals surface area contributed by atoms with E-state index in [2.05, 4.69) is 5.32 Å². The first-order chi connectivity index (χ1) is 14.7. The van der Waals surface area contributed by atoms with Crippen LogP contribution in [0, 0.1) is 0 Å². The zero-order valence-corrected chi connectivity index (χ0v) is 21.1. The van der Waals surface area contributed by atoms with Gasteiger partial charge < -0.3 is 10.2 Å². The van der Waals surface area contributed by atoms with Gasteiger partial charge in [0.25, 0.3) is 0 Å². The largest absolute Gasteiger partial charge is 0.354 e. The monoisotopic (exact) mass is 520 g/mol. The van der Waals surface area contributed by atoms with Crippen molar-refractivity contribution in [2.24, 2.45) is 0 Å². The van der Waals surface area contributed by atoms with Gasteiger partial charge in [0, 0.05) is 34.5 Å². The molecule has 0 aromatic heterocycles. The maximum atomic E-state index is 13.1. The lowest BCUT2D eigenvalue weighted by atomic mass is 10.1. The van der Waals surface area contributed by atoms with E-state index in [-0.39, 0.29) is 24.1 Å². The van der Waals surface area contributed by atoms with Crippen molar-refractivity contribution in [1.29, 1.82) is 0 Å². The van der Waals surface area contributed by atoms with E-state index in [4.69, 9.17) is 46.4 Å². The Morgan fingerprint density at radius 2 is 1.71 bits per heavy atom. The number of nitrogens with one attached hydrogen (secondary N) is 1. The standard InChI is InChI=1S/C22H24Cl4N2O2S/c1-3-9-27-22(30)14(2)28(11-16-17(23)5-4-6-18(16)24)21(29)13-31-12-15-7-8-19(25)20(26)10-15/h4-8,10,14H,3,9,11-13H2,1-2H3,(H,27,30)/t14-/m1/s1. The fourth-order valence-corrected chi connectivity index (χ4v) is 4.50. The van der Waals surface area contributed by atoms with Gasteiger partial charge in [-0.2, -0.15) is 0 Å². The van der Waals surface area contributed by atoms with Crippen LogP contribution < -0.4 is 5.32 Å². The second-order valence-corrected chi connectivity index (χ2v) is 9.54. The van der Waals surface area contributed by atoms with E-state index in [9.17, 15) is 9.59 Å². The summed E-state index contributed by atoms with van der Waals surface area (Å²) in [6.45, 7) is 4.36. The molecule has 0 bridgehead atoms. The second kappa shape index (κ2) is 12.8. The van der Waals surface area contributed by atoms with Gasteiger partial charge in [-0.1, -0.05) is 65.5 Å². The number of hydrogen-bond acceptors (Lipinski definition) is 3. The first-order valence-electron chi connectivity index (χ1n) is 9.76. The molecule has 2 amide bonds. The molecule has 0 saturated heterocycles. The zero-order valence-electron chi connectivity index (χ0n) is 17.3. The Bertz CT molecular complexity index is 906. The van der Waals surface area contributed by atoms with Gasteiger partial charge >= 0.3 is 0 Å². The molecule has 0 spiro atoms. The minimum atomic E-state index is -0.669. The third-order valence-electron chi connectivity index (χ3n) is 4.58. The topological polar surface area (TPSA) is 49.4 Å². The molecule has 2 rings (SSSR count). The van der Waals surface area contributed by atoms with Gasteiger partial charge in [-0.05, 0) is 43.2 Å². The minimum Gasteiger partial charge on any atom is -0.354 e. The van der Waals surface area contributed by atoms with Crippen LogP contribution in [0.25, 0.3) is 0 Å². The van der Waals surface area contributed by atoms with Gasteiger partial charge in [-0.25, -0.2) is 0 Å². The molecule has 0 aliphatic rings. The van der Waals surface area contributed by atoms with E-state index in [1.165, 1.54) is 16.7 Å². The molecule has 4 nitrogen and oxygen atoms in total. The van der Waals surface area contributed by atoms with Gasteiger partial charge in [0.2, 0.25) is 11.8 Å². The Labute approximate surface area is 207 Å². The fraction of sp³-hybridized carbons (Fsp3) is 0.364. The molecule has 0 fully saturated rings. The van der Waals surface area contributed by atoms with Crippen molar-refractivity contribution in [2.75, 3.05) is 12.3 Å². The molecule has 0 unspecified atom stereocenters. The molecule has 168 valence electrons. The lowest BCUT2D eigenvalue weighted by Crippen LogP contribution is -2.48. The average molecular weight is 522 g/mol. The van der Waals surface area contributed by atoms with Crippen molar-refractivity contribution in [3.05, 3.63) is 67.6 Å². The molecule has 0 aliphatic carbocycles. The van der Waals surface area contributed by atoms with Crippen LogP contribution in [0.5, 0.6) is 0 Å². The van der Waals surface area contributed by atoms with Crippen LogP contribution >= 0.6 is 58.2 Å². The molecule has 0 heterocycles. The third kappa shape index (κ3) is 7.76. The molecular formula is C22H24Cl4N2O2S. The molecule has 0 saturated carbocycles. The van der Waals surface area contributed by atoms with Gasteiger partial charge in [-0.3, -0.25) is 9.59 Å². The van der Waals surface area contributed by atoms with Crippen LogP contribution in [-0.4, -0.2) is 35.1 Å². The SMILES string of the molecule is CCCNC(=O)[C@@H](C)N(Cc1c(Cl)cccc1Cl)C(=O)CSCc1ccc(Cl)c(Cl)c1. The van der Waals surface area contributed by atoms with Crippen LogP contribution in [-0.2, 0) is 21.9 Å². The molecule has 2 aromatic rings. The maximum absolute atomic E-state index is 13.1. The minimum absolute atomic E-state index is 0.144. The summed E-state index contributed by atoms with van der Waals surface area (Å²) in [7, 11) is 0. The number of halogens is 4. The van der Waals surface area contributed by atoms with Gasteiger partial charge in [-0.15, -0.1) is 11.8 Å². The molecule has 1 N–H and O–H groups in total. The third-order valence-corrected chi connectivity index (χ3v) is 7.02. The van der Waals surface area contributed by atoms with E-state index in [1.54, 1.807) is 37.3 Å². The summed E-state index contributed by atoms with van der Waals surface area (Å²) >= 11 is 26.1. The zero-order chi connectivity index (χ0) is 23.0. The van der Waals surface area contributed by atoms with Crippen LogP contribution in [0.15, 0.2) is 36.4 Å². The Balaban J connectivity index is 2.12. The number of benzene rings is 2. The molecular weight excluding hydrogens is 498 g/mol. The second-order valence-electron chi connectivity index (χ2n) is 6.93. The van der Waals surface area contributed by atoms with E-state index in [0.717, 1.165) is 12.0 Å². The van der Waals surface area contributed by atoms with E-state index in [1.807, 2.05) is 13.0 Å². The quantitative estimate of drug-likeness (QED) is 0.389. The Hall–Kier alpha value is -1.11. The Morgan fingerprint density at radius 3 is 2.32 bits per heavy atom. The highest BCUT2D eigenvalue weighted by atomic mass is 35.5. The summed E-state index contributed by atoms with van der Waals surface area (Å²) in [5.41, 5.74) is 1.57. The summed E-state index contributed by atoms with van der Waals surface area (Å²) in [6.07, 6.45) is 0.808. The molecule has 2 aromatic carbocycles. The van der Waals surface area contributed by atoms with Crippen molar-refractivity contribution < 1.29 is 9.59 Å². The van der Waals surface area contributed by atoms with Crippen molar-refractivity contribution in [2.45, 2.75) is 38.6 Å². The van der Waals surface area contributed by atoms with E-state index in [0.29, 0.717) is 38.0 Å². The van der Waals surface area contributed by atoms with E-state index < -0.39 is 6.04 Å². The number of amides is 2. The number of nitrogens with zero attached hydrogens (tertiary/aromatic N) is 1. The number of carbonyl (C=O) groups is 2. The van der Waals surface area contributed by atoms with Crippen LogP contribution in [0.3, 0.4) is 0 Å². The van der Waals surface area contributed by atoms with Crippen molar-refractivity contribution >= 4 is 70.0 Å². The van der Waals surface area contributed by atoms with E-state index >= 15 is 0 Å². The van der Waals surface area contributed by atoms with Gasteiger partial charge in [0.15, 0.2) is 0 Å². The Morgan fingerprint density at radius 1 is 1.03 bits per heavy atom. The average Bonchev–Trinajstić information content (AvgIpc) is 2.73. The highest BCUT2D eigenvalue weighted by Gasteiger charge is 2.27. The van der Waals surface area contributed by atoms with Crippen molar-refractivity contribution in [3.8, 4) is 0 Å². The van der Waals surface area contributed by atoms with Crippen molar-refractivity contribution in [1.82, 2.24) is 10.2 Å². The summed E-state index contributed by atoms with van der Waals surface area (Å²) < 4.78 is 0. The molecule has 0 radical (unpaired) electrons. The van der Waals surface area contributed by atoms with Crippen molar-refractivity contribution in [3.63, 3.8) is 0 Å². The predicted octanol–water partition coefficient (Wildman–Crippen LogP) is 6.48. The predicted molar refractivity (Wildman–Crippen MR) is 132 cm³/mol. The first-order valence-corrected chi connectivity index (χ1v) is 12.4. The summed E-state index contributed by atoms with van der Waals surface area (Å²) in [6, 6.07) is 9.88. The van der Waals surface area contributed by atoms with Gasteiger partial charge in [0.05, 0.1) is 15.8 Å². The molecule has 9 heteroatoms. The number of rotatable bonds is 10. The van der Waals surface area contributed by atoms with Crippen LogP contribution in [0.2, 0.25) is 20.1 Å². The van der Waals surface area contributed by atoms with Crippen LogP contribution in [0.4, 0.5) is 0 Å². The maximum Gasteiger partial charge on any atom is 0.242 e. The Kier molecular flexibility index (Phi) is 10.8. The lowest BCUT2D eigenvalue weighted by molar-refractivity contribution is -0.138. The molecule has 0 aliphatic heterocycles. The van der Waals surface area contributed by atoms with Crippen LogP contribution in [0.1, 0.15) is 31.4 Å². The summed E-state index contributed by atoms with van der Waals surface area (Å²) in [5, 5.41) is 4.71. The highest BCUT2D eigenvalue weighted by Crippen LogP contribution is 2.28. The first kappa shape index (κ1) is 26.1. The smallest absolute Gasteiger partial charge is 0.242 e. The number of thioether (sulfide) groups is 1. The molecule has 31 heavy (non-hydrogen) atoms. The summed E-state index contributed by atoms with van der Waals surface area (Å²) in [4.78, 5) is 27.2. The molecule has 1 atom stereocenters. The summed E-state index contributed by atoms with van der Waals surface area (Å²) in [5.74, 6) is 0.376. The highest BCUT2D eigenvalue weighted by molar-refractivity contribution is 7.99.